The zero-order valence-electron chi connectivity index (χ0n) is 23.0. The molecule has 39 heavy (non-hydrogen) atoms. The van der Waals surface area contributed by atoms with Gasteiger partial charge in [0.15, 0.2) is 21.7 Å². The smallest absolute Gasteiger partial charge is 0.226 e. The molecule has 2 aromatic rings. The third-order valence-corrected chi connectivity index (χ3v) is 6.72. The van der Waals surface area contributed by atoms with Crippen molar-refractivity contribution in [2.45, 2.75) is 59.8 Å². The Morgan fingerprint density at radius 1 is 0.718 bits per heavy atom. The Balaban J connectivity index is 1.54. The summed E-state index contributed by atoms with van der Waals surface area (Å²) in [7, 11) is 0. The third kappa shape index (κ3) is 12.5. The van der Waals surface area contributed by atoms with Crippen LogP contribution >= 0.6 is 24.4 Å². The second-order valence-electron chi connectivity index (χ2n) is 11.1. The molecule has 0 aliphatic heterocycles. The predicted molar refractivity (Wildman–Crippen MR) is 159 cm³/mol. The molecule has 2 rings (SSSR count). The Hall–Kier alpha value is -3.12. The van der Waals surface area contributed by atoms with Crippen LogP contribution in [0.1, 0.15) is 58.5 Å². The molecule has 0 amide bonds. The molecule has 2 aromatic heterocycles. The van der Waals surface area contributed by atoms with Crippen LogP contribution in [0.25, 0.3) is 0 Å². The molecule has 10 nitrogen and oxygen atoms in total. The highest BCUT2D eigenvalue weighted by Gasteiger charge is 2.21. The minimum absolute atomic E-state index is 0.126. The standard InChI is InChI=1S/C27H40N4O6S2/c1-26(2,14-18-12-20(32)22(34)16-36-18)6-10-30-24(38)28-8-5-9-29-25(39)31-11-7-27(3,4)15-19-13-21(33)23(35)17-37-19/h12-13,16-17,34-35H,5-11,14-15H2,1-4H3,(H2,28,30,38)(H2,29,31,39). The fraction of sp³-hybridized carbons (Fsp3) is 0.556. The second kappa shape index (κ2) is 14.9. The van der Waals surface area contributed by atoms with Crippen LogP contribution in [0.15, 0.2) is 43.1 Å². The molecule has 0 unspecified atom stereocenters. The van der Waals surface area contributed by atoms with Gasteiger partial charge in [-0.25, -0.2) is 0 Å². The average Bonchev–Trinajstić information content (AvgIpc) is 2.83. The maximum atomic E-state index is 11.6. The molecule has 0 saturated heterocycles. The molecule has 0 fully saturated rings. The monoisotopic (exact) mass is 580 g/mol. The lowest BCUT2D eigenvalue weighted by Gasteiger charge is -2.24. The van der Waals surface area contributed by atoms with Gasteiger partial charge in [0.05, 0.1) is 0 Å². The molecule has 0 saturated carbocycles. The molecule has 6 N–H and O–H groups in total. The Labute approximate surface area is 239 Å². The van der Waals surface area contributed by atoms with E-state index in [0.717, 1.165) is 31.8 Å². The lowest BCUT2D eigenvalue weighted by atomic mass is 9.84. The van der Waals surface area contributed by atoms with Crippen LogP contribution in [0.4, 0.5) is 0 Å². The summed E-state index contributed by atoms with van der Waals surface area (Å²) in [4.78, 5) is 23.2. The van der Waals surface area contributed by atoms with Crippen molar-refractivity contribution < 1.29 is 19.0 Å². The summed E-state index contributed by atoms with van der Waals surface area (Å²) in [6, 6.07) is 2.66. The van der Waals surface area contributed by atoms with Gasteiger partial charge in [-0.3, -0.25) is 9.59 Å². The van der Waals surface area contributed by atoms with Crippen LogP contribution in [0.5, 0.6) is 11.5 Å². The third-order valence-electron chi connectivity index (χ3n) is 6.14. The SMILES string of the molecule is CC(C)(CCNC(=S)NCCCNC(=S)NCCC(C)(C)Cc1cc(=O)c(O)co1)Cc1cc(=O)c(O)co1. The molecule has 2 heterocycles. The Bertz CT molecular complexity index is 1130. The van der Waals surface area contributed by atoms with Crippen LogP contribution in [0, 0.1) is 10.8 Å². The van der Waals surface area contributed by atoms with Gasteiger partial charge in [0.1, 0.15) is 24.0 Å². The number of thiocarbonyl (C=S) groups is 2. The van der Waals surface area contributed by atoms with E-state index in [2.05, 4.69) is 49.0 Å². The molecule has 0 aromatic carbocycles. The first-order valence-electron chi connectivity index (χ1n) is 12.9. The van der Waals surface area contributed by atoms with Gasteiger partial charge in [-0.1, -0.05) is 27.7 Å². The van der Waals surface area contributed by atoms with Crippen molar-refractivity contribution in [3.05, 3.63) is 56.6 Å². The van der Waals surface area contributed by atoms with E-state index >= 15 is 0 Å². The summed E-state index contributed by atoms with van der Waals surface area (Å²) in [5.41, 5.74) is -1.13. The maximum Gasteiger partial charge on any atom is 0.226 e. The normalized spacial score (nSPS) is 11.6. The van der Waals surface area contributed by atoms with Crippen LogP contribution in [0.2, 0.25) is 0 Å². The molecule has 0 bridgehead atoms. The predicted octanol–water partition coefficient (Wildman–Crippen LogP) is 2.94. The van der Waals surface area contributed by atoms with Crippen molar-refractivity contribution >= 4 is 34.7 Å². The molecule has 0 spiro atoms. The summed E-state index contributed by atoms with van der Waals surface area (Å²) < 4.78 is 10.6. The van der Waals surface area contributed by atoms with Crippen LogP contribution in [-0.2, 0) is 12.8 Å². The molecular weight excluding hydrogens is 540 g/mol. The van der Waals surface area contributed by atoms with Gasteiger partial charge < -0.3 is 40.3 Å². The lowest BCUT2D eigenvalue weighted by molar-refractivity contribution is 0.297. The Kier molecular flexibility index (Phi) is 12.2. The van der Waals surface area contributed by atoms with Crippen LogP contribution < -0.4 is 32.1 Å². The number of rotatable bonds is 14. The van der Waals surface area contributed by atoms with E-state index in [-0.39, 0.29) is 22.3 Å². The van der Waals surface area contributed by atoms with E-state index in [1.54, 1.807) is 0 Å². The second-order valence-corrected chi connectivity index (χ2v) is 11.9. The van der Waals surface area contributed by atoms with Crippen molar-refractivity contribution in [1.82, 2.24) is 21.3 Å². The molecule has 0 aliphatic carbocycles. The average molecular weight is 581 g/mol. The summed E-state index contributed by atoms with van der Waals surface area (Å²) in [5, 5.41) is 32.6. The Morgan fingerprint density at radius 3 is 1.44 bits per heavy atom. The van der Waals surface area contributed by atoms with Gasteiger partial charge in [0, 0.05) is 51.2 Å². The van der Waals surface area contributed by atoms with Crippen LogP contribution in [0.3, 0.4) is 0 Å². The van der Waals surface area contributed by atoms with Gasteiger partial charge in [0.25, 0.3) is 0 Å². The van der Waals surface area contributed by atoms with Gasteiger partial charge in [-0.15, -0.1) is 0 Å². The fourth-order valence-electron chi connectivity index (χ4n) is 3.84. The van der Waals surface area contributed by atoms with Crippen molar-refractivity contribution in [3.8, 4) is 11.5 Å². The zero-order chi connectivity index (χ0) is 29.1. The minimum Gasteiger partial charge on any atom is -0.502 e. The highest BCUT2D eigenvalue weighted by Crippen LogP contribution is 2.26. The van der Waals surface area contributed by atoms with E-state index in [1.165, 1.54) is 12.1 Å². The Morgan fingerprint density at radius 2 is 1.08 bits per heavy atom. The highest BCUT2D eigenvalue weighted by molar-refractivity contribution is 7.80. The van der Waals surface area contributed by atoms with Gasteiger partial charge in [0.2, 0.25) is 10.9 Å². The highest BCUT2D eigenvalue weighted by atomic mass is 32.1. The number of nitrogens with one attached hydrogen (secondary N) is 4. The molecule has 216 valence electrons. The fourth-order valence-corrected chi connectivity index (χ4v) is 4.25. The van der Waals surface area contributed by atoms with Gasteiger partial charge in [-0.2, -0.15) is 0 Å². The summed E-state index contributed by atoms with van der Waals surface area (Å²) in [6.07, 6.45) is 5.72. The maximum absolute atomic E-state index is 11.6. The first kappa shape index (κ1) is 32.1. The van der Waals surface area contributed by atoms with E-state index in [9.17, 15) is 19.8 Å². The van der Waals surface area contributed by atoms with Crippen molar-refractivity contribution in [3.63, 3.8) is 0 Å². The largest absolute Gasteiger partial charge is 0.502 e. The van der Waals surface area contributed by atoms with E-state index in [4.69, 9.17) is 33.3 Å². The summed E-state index contributed by atoms with van der Waals surface area (Å²) >= 11 is 10.7. The van der Waals surface area contributed by atoms with E-state index < -0.39 is 10.9 Å². The van der Waals surface area contributed by atoms with Crippen molar-refractivity contribution in [1.29, 1.82) is 0 Å². The molecular formula is C27H40N4O6S2. The van der Waals surface area contributed by atoms with Gasteiger partial charge in [-0.05, 0) is 54.5 Å². The lowest BCUT2D eigenvalue weighted by Crippen LogP contribution is -2.40. The summed E-state index contributed by atoms with van der Waals surface area (Å²) in [5.74, 6) is 0.305. The number of hydrogen-bond donors (Lipinski definition) is 6. The topological polar surface area (TPSA) is 149 Å². The molecule has 12 heteroatoms. The van der Waals surface area contributed by atoms with Crippen LogP contribution in [-0.4, -0.2) is 46.6 Å². The van der Waals surface area contributed by atoms with Crippen molar-refractivity contribution in [2.24, 2.45) is 10.8 Å². The van der Waals surface area contributed by atoms with Gasteiger partial charge >= 0.3 is 0 Å². The minimum atomic E-state index is -0.440. The summed E-state index contributed by atoms with van der Waals surface area (Å²) in [6.45, 7) is 11.0. The van der Waals surface area contributed by atoms with E-state index in [0.29, 0.717) is 60.8 Å². The molecule has 0 atom stereocenters. The first-order chi connectivity index (χ1) is 18.3. The quantitative estimate of drug-likeness (QED) is 0.144. The number of hydrogen-bond acceptors (Lipinski definition) is 8. The first-order valence-corrected chi connectivity index (χ1v) is 13.7. The zero-order valence-corrected chi connectivity index (χ0v) is 24.7. The van der Waals surface area contributed by atoms with E-state index in [1.807, 2.05) is 0 Å². The molecule has 0 aliphatic rings. The molecule has 0 radical (unpaired) electrons. The van der Waals surface area contributed by atoms with Crippen molar-refractivity contribution in [2.75, 3.05) is 26.2 Å². The number of aromatic hydroxyl groups is 2.